The van der Waals surface area contributed by atoms with E-state index in [9.17, 15) is 18.3 Å². The van der Waals surface area contributed by atoms with E-state index in [1.807, 2.05) is 0 Å². The highest BCUT2D eigenvalue weighted by molar-refractivity contribution is 7.89. The van der Waals surface area contributed by atoms with Crippen molar-refractivity contribution in [3.05, 3.63) is 18.2 Å². The van der Waals surface area contributed by atoms with E-state index in [4.69, 9.17) is 9.47 Å². The number of sulfonamides is 1. The zero-order valence-electron chi connectivity index (χ0n) is 10.5. The van der Waals surface area contributed by atoms with E-state index in [1.54, 1.807) is 0 Å². The summed E-state index contributed by atoms with van der Waals surface area (Å²) in [7, 11) is -0.969. The van der Waals surface area contributed by atoms with Gasteiger partial charge in [-0.3, -0.25) is 0 Å². The number of carbonyl (C=O) groups excluding carboxylic acids is 1. The highest BCUT2D eigenvalue weighted by Crippen LogP contribution is 2.29. The van der Waals surface area contributed by atoms with E-state index < -0.39 is 22.4 Å². The SMILES string of the molecule is COc1ccc(S(=O)(=O)NCCC(=O)[O-])cc1OC. The summed E-state index contributed by atoms with van der Waals surface area (Å²) in [5.41, 5.74) is 0. The van der Waals surface area contributed by atoms with Crippen LogP contribution in [0.4, 0.5) is 0 Å². The first-order chi connectivity index (χ1) is 8.90. The van der Waals surface area contributed by atoms with Crippen molar-refractivity contribution in [3.63, 3.8) is 0 Å². The number of carboxylic acid groups (broad SMARTS) is 1. The first-order valence-electron chi connectivity index (χ1n) is 5.32. The fourth-order valence-electron chi connectivity index (χ4n) is 1.35. The van der Waals surface area contributed by atoms with Gasteiger partial charge >= 0.3 is 0 Å². The Balaban J connectivity index is 2.92. The monoisotopic (exact) mass is 288 g/mol. The first-order valence-corrected chi connectivity index (χ1v) is 6.80. The molecule has 1 aromatic rings. The molecule has 0 amide bonds. The molecule has 0 saturated carbocycles. The lowest BCUT2D eigenvalue weighted by atomic mass is 10.3. The van der Waals surface area contributed by atoms with Crippen LogP contribution in [0, 0.1) is 0 Å². The molecule has 0 unspecified atom stereocenters. The van der Waals surface area contributed by atoms with Crippen molar-refractivity contribution in [1.82, 2.24) is 4.72 Å². The molecule has 8 heteroatoms. The van der Waals surface area contributed by atoms with Crippen molar-refractivity contribution in [2.75, 3.05) is 20.8 Å². The molecule has 7 nitrogen and oxygen atoms in total. The lowest BCUT2D eigenvalue weighted by Gasteiger charge is -2.11. The summed E-state index contributed by atoms with van der Waals surface area (Å²) in [6.07, 6.45) is -0.396. The van der Waals surface area contributed by atoms with E-state index in [0.717, 1.165) is 0 Å². The van der Waals surface area contributed by atoms with Gasteiger partial charge in [0.2, 0.25) is 10.0 Å². The van der Waals surface area contributed by atoms with E-state index in [1.165, 1.54) is 32.4 Å². The first kappa shape index (κ1) is 15.3. The number of benzene rings is 1. The van der Waals surface area contributed by atoms with E-state index >= 15 is 0 Å². The molecular formula is C11H14NO6S-. The molecule has 1 N–H and O–H groups in total. The molecular weight excluding hydrogens is 274 g/mol. The minimum absolute atomic E-state index is 0.0384. The minimum Gasteiger partial charge on any atom is -0.550 e. The van der Waals surface area contributed by atoms with Crippen molar-refractivity contribution in [2.24, 2.45) is 0 Å². The van der Waals surface area contributed by atoms with Gasteiger partial charge in [0.15, 0.2) is 11.5 Å². The number of aliphatic carboxylic acids is 1. The van der Waals surface area contributed by atoms with Crippen LogP contribution in [0.15, 0.2) is 23.1 Å². The second-order valence-electron chi connectivity index (χ2n) is 3.54. The molecule has 106 valence electrons. The van der Waals surface area contributed by atoms with Crippen LogP contribution in [0.3, 0.4) is 0 Å². The third kappa shape index (κ3) is 4.11. The van der Waals surface area contributed by atoms with Gasteiger partial charge in [0, 0.05) is 25.0 Å². The summed E-state index contributed by atoms with van der Waals surface area (Å²) in [6, 6.07) is 4.08. The quantitative estimate of drug-likeness (QED) is 0.698. The Bertz CT molecular complexity index is 554. The van der Waals surface area contributed by atoms with Gasteiger partial charge in [0.25, 0.3) is 0 Å². The molecule has 0 spiro atoms. The molecule has 0 aromatic heterocycles. The topological polar surface area (TPSA) is 105 Å². The smallest absolute Gasteiger partial charge is 0.240 e. The average molecular weight is 288 g/mol. The second kappa shape index (κ2) is 6.39. The van der Waals surface area contributed by atoms with Crippen molar-refractivity contribution in [3.8, 4) is 11.5 Å². The maximum absolute atomic E-state index is 11.9. The van der Waals surface area contributed by atoms with Gasteiger partial charge < -0.3 is 19.4 Å². The maximum Gasteiger partial charge on any atom is 0.240 e. The number of hydrogen-bond acceptors (Lipinski definition) is 6. The fourth-order valence-corrected chi connectivity index (χ4v) is 2.40. The number of hydrogen-bond donors (Lipinski definition) is 1. The minimum atomic E-state index is -3.79. The van der Waals surface area contributed by atoms with Crippen molar-refractivity contribution in [1.29, 1.82) is 0 Å². The molecule has 0 aliphatic heterocycles. The highest BCUT2D eigenvalue weighted by Gasteiger charge is 2.16. The van der Waals surface area contributed by atoms with Crippen LogP contribution in [0.25, 0.3) is 0 Å². The zero-order chi connectivity index (χ0) is 14.5. The molecule has 0 atom stereocenters. The van der Waals surface area contributed by atoms with Gasteiger partial charge in [-0.25, -0.2) is 13.1 Å². The number of ether oxygens (including phenoxy) is 2. The van der Waals surface area contributed by atoms with Gasteiger partial charge in [0.1, 0.15) is 0 Å². The van der Waals surface area contributed by atoms with Crippen LogP contribution in [0.2, 0.25) is 0 Å². The zero-order valence-corrected chi connectivity index (χ0v) is 11.3. The average Bonchev–Trinajstić information content (AvgIpc) is 2.37. The van der Waals surface area contributed by atoms with Gasteiger partial charge in [-0.05, 0) is 12.1 Å². The van der Waals surface area contributed by atoms with Crippen LogP contribution in [0.5, 0.6) is 11.5 Å². The molecule has 1 aromatic carbocycles. The summed E-state index contributed by atoms with van der Waals surface area (Å²) < 4.78 is 35.9. The predicted octanol–water partition coefficient (Wildman–Crippen LogP) is -0.878. The van der Waals surface area contributed by atoms with Gasteiger partial charge in [-0.15, -0.1) is 0 Å². The van der Waals surface area contributed by atoms with Crippen molar-refractivity contribution < 1.29 is 27.8 Å². The van der Waals surface area contributed by atoms with Crippen LogP contribution in [-0.2, 0) is 14.8 Å². The molecule has 0 radical (unpaired) electrons. The summed E-state index contributed by atoms with van der Waals surface area (Å²) in [5, 5.41) is 10.2. The Hall–Kier alpha value is -1.80. The third-order valence-corrected chi connectivity index (χ3v) is 3.75. The number of carbonyl (C=O) groups is 1. The normalized spacial score (nSPS) is 11.1. The standard InChI is InChI=1S/C11H15NO6S/c1-17-9-4-3-8(7-10(9)18-2)19(15,16)12-6-5-11(13)14/h3-4,7,12H,5-6H2,1-2H3,(H,13,14)/p-1. The van der Waals surface area contributed by atoms with Crippen molar-refractivity contribution in [2.45, 2.75) is 11.3 Å². The van der Waals surface area contributed by atoms with Crippen LogP contribution in [0.1, 0.15) is 6.42 Å². The second-order valence-corrected chi connectivity index (χ2v) is 5.30. The summed E-state index contributed by atoms with van der Waals surface area (Å²) >= 11 is 0. The third-order valence-electron chi connectivity index (χ3n) is 2.29. The lowest BCUT2D eigenvalue weighted by Crippen LogP contribution is -2.31. The number of carboxylic acids is 1. The molecule has 0 heterocycles. The number of rotatable bonds is 7. The molecule has 0 aliphatic carbocycles. The molecule has 0 bridgehead atoms. The fraction of sp³-hybridized carbons (Fsp3) is 0.364. The Morgan fingerprint density at radius 1 is 1.26 bits per heavy atom. The van der Waals surface area contributed by atoms with Crippen LogP contribution in [-0.4, -0.2) is 35.2 Å². The van der Waals surface area contributed by atoms with Crippen molar-refractivity contribution >= 4 is 16.0 Å². The van der Waals surface area contributed by atoms with E-state index in [2.05, 4.69) is 4.72 Å². The van der Waals surface area contributed by atoms with Gasteiger partial charge in [-0.2, -0.15) is 0 Å². The molecule has 0 saturated heterocycles. The predicted molar refractivity (Wildman–Crippen MR) is 64.4 cm³/mol. The summed E-state index contributed by atoms with van der Waals surface area (Å²) in [6.45, 7) is -0.237. The molecule has 19 heavy (non-hydrogen) atoms. The molecule has 0 fully saturated rings. The molecule has 0 aliphatic rings. The Morgan fingerprint density at radius 2 is 1.89 bits per heavy atom. The Labute approximate surface area is 111 Å². The summed E-state index contributed by atoms with van der Waals surface area (Å²) in [5.74, 6) is -0.656. The number of methoxy groups -OCH3 is 2. The number of nitrogens with one attached hydrogen (secondary N) is 1. The lowest BCUT2D eigenvalue weighted by molar-refractivity contribution is -0.305. The maximum atomic E-state index is 11.9. The van der Waals surface area contributed by atoms with E-state index in [0.29, 0.717) is 5.75 Å². The van der Waals surface area contributed by atoms with Gasteiger partial charge in [-0.1, -0.05) is 0 Å². The summed E-state index contributed by atoms with van der Waals surface area (Å²) in [4.78, 5) is 10.2. The van der Waals surface area contributed by atoms with Gasteiger partial charge in [0.05, 0.1) is 19.1 Å². The van der Waals surface area contributed by atoms with Crippen LogP contribution < -0.4 is 19.3 Å². The van der Waals surface area contributed by atoms with Crippen LogP contribution >= 0.6 is 0 Å². The Kier molecular flexibility index (Phi) is 5.13. The highest BCUT2D eigenvalue weighted by atomic mass is 32.2. The van der Waals surface area contributed by atoms with E-state index in [-0.39, 0.29) is 17.2 Å². The largest absolute Gasteiger partial charge is 0.550 e. The molecule has 1 rings (SSSR count). The Morgan fingerprint density at radius 3 is 2.42 bits per heavy atom.